The summed E-state index contributed by atoms with van der Waals surface area (Å²) in [6.07, 6.45) is 0. The molecule has 10 rings (SSSR count). The van der Waals surface area contributed by atoms with Crippen molar-refractivity contribution in [2.45, 2.75) is 18.1 Å². The maximum absolute atomic E-state index is 3.62. The quantitative estimate of drug-likeness (QED) is 0.126. The highest BCUT2D eigenvalue weighted by atomic mass is 28.3. The Balaban J connectivity index is 1.31. The average molecular weight is 688 g/mol. The van der Waals surface area contributed by atoms with E-state index in [2.05, 4.69) is 195 Å². The molecule has 0 amide bonds. The maximum Gasteiger partial charge on any atom is 0.179 e. The van der Waals surface area contributed by atoms with Gasteiger partial charge in [0.15, 0.2) is 8.07 Å². The number of fused-ring (bicyclic) bond motifs is 9. The van der Waals surface area contributed by atoms with Crippen LogP contribution in [0.1, 0.15) is 51.5 Å². The van der Waals surface area contributed by atoms with Gasteiger partial charge in [-0.15, -0.1) is 0 Å². The first-order valence-corrected chi connectivity index (χ1v) is 20.5. The normalized spacial score (nSPS) is 17.6. The van der Waals surface area contributed by atoms with E-state index in [1.165, 1.54) is 87.5 Å². The van der Waals surface area contributed by atoms with E-state index in [-0.39, 0.29) is 18.1 Å². The van der Waals surface area contributed by atoms with Crippen LogP contribution in [0.2, 0.25) is 0 Å². The van der Waals surface area contributed by atoms with Crippen LogP contribution >= 0.6 is 0 Å². The van der Waals surface area contributed by atoms with Gasteiger partial charge in [-0.25, -0.2) is 0 Å². The molecule has 52 heavy (non-hydrogen) atoms. The molecule has 0 radical (unpaired) electrons. The molecule has 0 saturated carbocycles. The van der Waals surface area contributed by atoms with Crippen LogP contribution in [0.15, 0.2) is 158 Å². The Kier molecular flexibility index (Phi) is 7.31. The fourth-order valence-corrected chi connectivity index (χ4v) is 14.7. The molecule has 0 aliphatic heterocycles. The minimum absolute atomic E-state index is 0.179. The van der Waals surface area contributed by atoms with Gasteiger partial charge in [0, 0.05) is 0 Å². The third-order valence-electron chi connectivity index (χ3n) is 12.2. The van der Waals surface area contributed by atoms with E-state index < -0.39 is 8.07 Å². The van der Waals surface area contributed by atoms with Crippen LogP contribution in [0.3, 0.4) is 0 Å². The van der Waals surface area contributed by atoms with Crippen LogP contribution in [-0.2, 0) is 0 Å². The first-order valence-electron chi connectivity index (χ1n) is 18.5. The molecule has 3 aliphatic rings. The van der Waals surface area contributed by atoms with Gasteiger partial charge in [0.25, 0.3) is 0 Å². The summed E-state index contributed by atoms with van der Waals surface area (Å²) in [7, 11) is 3.29. The highest BCUT2D eigenvalue weighted by Gasteiger charge is 2.45. The molecule has 0 unspecified atom stereocenters. The Bertz CT molecular complexity index is 2270. The lowest BCUT2D eigenvalue weighted by Crippen LogP contribution is -2.74. The zero-order chi connectivity index (χ0) is 35.0. The molecule has 0 bridgehead atoms. The van der Waals surface area contributed by atoms with Gasteiger partial charge in [0.1, 0.15) is 0 Å². The molecule has 7 aromatic rings. The lowest BCUT2D eigenvalue weighted by molar-refractivity contribution is 0.708. The van der Waals surface area contributed by atoms with Crippen molar-refractivity contribution >= 4 is 28.8 Å². The first-order chi connectivity index (χ1) is 25.7. The van der Waals surface area contributed by atoms with Crippen molar-refractivity contribution in [3.05, 3.63) is 191 Å². The zero-order valence-corrected chi connectivity index (χ0v) is 30.7. The number of benzene rings is 7. The van der Waals surface area contributed by atoms with Crippen LogP contribution in [0, 0.1) is 0 Å². The molecule has 0 aromatic heterocycles. The van der Waals surface area contributed by atoms with Crippen molar-refractivity contribution in [1.29, 1.82) is 0 Å². The van der Waals surface area contributed by atoms with Gasteiger partial charge in [0.2, 0.25) is 0 Å². The molecule has 4 heteroatoms. The van der Waals surface area contributed by atoms with Gasteiger partial charge in [-0.3, -0.25) is 0 Å². The van der Waals surface area contributed by atoms with Crippen molar-refractivity contribution in [2.75, 3.05) is 21.1 Å². The molecular formula is C48H41N3Si. The van der Waals surface area contributed by atoms with Crippen molar-refractivity contribution in [3.63, 3.8) is 0 Å². The van der Waals surface area contributed by atoms with Crippen LogP contribution < -0.4 is 36.7 Å². The summed E-state index contributed by atoms with van der Waals surface area (Å²) in [6, 6.07) is 61.0. The second-order valence-corrected chi connectivity index (χ2v) is 18.3. The minimum atomic E-state index is -2.95. The third kappa shape index (κ3) is 4.30. The topological polar surface area (TPSA) is 36.1 Å². The summed E-state index contributed by atoms with van der Waals surface area (Å²) in [5.74, 6) is 0. The molecule has 252 valence electrons. The van der Waals surface area contributed by atoms with E-state index in [1.807, 2.05) is 0 Å². The number of hydrogen-bond acceptors (Lipinski definition) is 3. The molecule has 0 fully saturated rings. The first kappa shape index (κ1) is 31.4. The van der Waals surface area contributed by atoms with Crippen LogP contribution in [0.5, 0.6) is 0 Å². The van der Waals surface area contributed by atoms with Crippen molar-refractivity contribution in [2.24, 2.45) is 0 Å². The Hall–Kier alpha value is -5.36. The molecule has 3 nitrogen and oxygen atoms in total. The van der Waals surface area contributed by atoms with E-state index >= 15 is 0 Å². The SMILES string of the molecule is CN[C@@H]1c2ccccc2-c2cc([Si](c3ccccc3)(c3ccc4c(c3)-c3ccccc3[C@H]4NC)c3ccc4c(c3)-c3ccccc3[C@H]4NC)ccc21. The van der Waals surface area contributed by atoms with Crippen LogP contribution in [0.25, 0.3) is 33.4 Å². The van der Waals surface area contributed by atoms with E-state index in [4.69, 9.17) is 0 Å². The Morgan fingerprint density at radius 2 is 0.615 bits per heavy atom. The minimum Gasteiger partial charge on any atom is -0.309 e. The number of hydrogen-bond donors (Lipinski definition) is 3. The molecular weight excluding hydrogens is 647 g/mol. The molecule has 0 heterocycles. The Labute approximate surface area is 307 Å². The summed E-state index contributed by atoms with van der Waals surface area (Å²) in [5, 5.41) is 16.5. The van der Waals surface area contributed by atoms with E-state index in [0.717, 1.165) is 0 Å². The lowest BCUT2D eigenvalue weighted by Gasteiger charge is -2.36. The zero-order valence-electron chi connectivity index (χ0n) is 29.7. The summed E-state index contributed by atoms with van der Waals surface area (Å²) in [4.78, 5) is 0. The average Bonchev–Trinajstić information content (AvgIpc) is 3.83. The number of rotatable bonds is 7. The molecule has 3 atom stereocenters. The fourth-order valence-electron chi connectivity index (χ4n) is 9.93. The molecule has 3 aliphatic carbocycles. The predicted molar refractivity (Wildman–Crippen MR) is 219 cm³/mol. The Morgan fingerprint density at radius 1 is 0.308 bits per heavy atom. The highest BCUT2D eigenvalue weighted by Crippen LogP contribution is 2.46. The third-order valence-corrected chi connectivity index (χ3v) is 16.9. The molecule has 0 saturated heterocycles. The van der Waals surface area contributed by atoms with Gasteiger partial charge in [-0.1, -0.05) is 158 Å². The lowest BCUT2D eigenvalue weighted by atomic mass is 10.1. The van der Waals surface area contributed by atoms with E-state index in [1.54, 1.807) is 0 Å². The highest BCUT2D eigenvalue weighted by molar-refractivity contribution is 7.20. The van der Waals surface area contributed by atoms with Gasteiger partial charge in [-0.2, -0.15) is 0 Å². The van der Waals surface area contributed by atoms with Gasteiger partial charge >= 0.3 is 0 Å². The molecule has 0 spiro atoms. The molecule has 7 aromatic carbocycles. The van der Waals surface area contributed by atoms with E-state index in [9.17, 15) is 0 Å². The second-order valence-electron chi connectivity index (χ2n) is 14.4. The smallest absolute Gasteiger partial charge is 0.179 e. The second kappa shape index (κ2) is 12.1. The fraction of sp³-hybridized carbons (Fsp3) is 0.125. The summed E-state index contributed by atoms with van der Waals surface area (Å²) in [6.45, 7) is 0. The van der Waals surface area contributed by atoms with Gasteiger partial charge in [-0.05, 0) is 109 Å². The van der Waals surface area contributed by atoms with Crippen LogP contribution in [0.4, 0.5) is 0 Å². The molecule has 3 N–H and O–H groups in total. The standard InChI is InChI=1S/C48H41N3Si/c1-49-46-37-18-10-7-15-34(37)43-27-31(21-24-40(43)46)52(30-13-5-4-6-14-30,32-22-25-41-44(28-32)35-16-8-11-19-38(35)47(41)50-2)33-23-26-42-45(29-33)36-17-9-12-20-39(36)48(42)51-3/h4-29,46-51H,1-3H3/t46-,47-,48-/m1/s1. The summed E-state index contributed by atoms with van der Waals surface area (Å²) >= 11 is 0. The van der Waals surface area contributed by atoms with Crippen molar-refractivity contribution in [1.82, 2.24) is 16.0 Å². The maximum atomic E-state index is 3.62. The van der Waals surface area contributed by atoms with E-state index in [0.29, 0.717) is 0 Å². The summed E-state index contributed by atoms with van der Waals surface area (Å²) < 4.78 is 0. The Morgan fingerprint density at radius 3 is 0.962 bits per heavy atom. The monoisotopic (exact) mass is 687 g/mol. The van der Waals surface area contributed by atoms with Crippen molar-refractivity contribution in [3.8, 4) is 33.4 Å². The van der Waals surface area contributed by atoms with Crippen molar-refractivity contribution < 1.29 is 0 Å². The van der Waals surface area contributed by atoms with Gasteiger partial charge in [0.05, 0.1) is 18.1 Å². The predicted octanol–water partition coefficient (Wildman–Crippen LogP) is 6.93. The van der Waals surface area contributed by atoms with Gasteiger partial charge < -0.3 is 16.0 Å². The largest absolute Gasteiger partial charge is 0.309 e. The van der Waals surface area contributed by atoms with Crippen LogP contribution in [-0.4, -0.2) is 29.2 Å². The summed E-state index contributed by atoms with van der Waals surface area (Å²) in [5.41, 5.74) is 16.1. The number of nitrogens with one attached hydrogen (secondary N) is 3.